The van der Waals surface area contributed by atoms with E-state index in [1.165, 1.54) is 6.39 Å². The first kappa shape index (κ1) is 24.1. The molecule has 3 aromatic rings. The summed E-state index contributed by atoms with van der Waals surface area (Å²) in [7, 11) is 1.91. The van der Waals surface area contributed by atoms with Crippen LogP contribution in [0.5, 0.6) is 0 Å². The summed E-state index contributed by atoms with van der Waals surface area (Å²) in [5, 5.41) is 9.35. The smallest absolute Gasteiger partial charge is 0.416 e. The number of likely N-dealkylation sites (tertiary alicyclic amines) is 1. The van der Waals surface area contributed by atoms with Crippen molar-refractivity contribution in [2.45, 2.75) is 36.8 Å². The van der Waals surface area contributed by atoms with Gasteiger partial charge < -0.3 is 18.6 Å². The molecule has 35 heavy (non-hydrogen) atoms. The first-order chi connectivity index (χ1) is 16.8. The Kier molecular flexibility index (Phi) is 6.78. The first-order valence-electron chi connectivity index (χ1n) is 11.5. The summed E-state index contributed by atoms with van der Waals surface area (Å²) in [6.45, 7) is 5.69. The van der Waals surface area contributed by atoms with Crippen LogP contribution in [0, 0.1) is 6.92 Å². The summed E-state index contributed by atoms with van der Waals surface area (Å²) in [5.74, 6) is 2.17. The number of fused-ring (bicyclic) bond motifs is 1. The van der Waals surface area contributed by atoms with Gasteiger partial charge in [-0.25, -0.2) is 4.98 Å². The Morgan fingerprint density at radius 3 is 2.66 bits per heavy atom. The van der Waals surface area contributed by atoms with E-state index in [-0.39, 0.29) is 12.1 Å². The van der Waals surface area contributed by atoms with Gasteiger partial charge in [-0.1, -0.05) is 11.8 Å². The lowest BCUT2D eigenvalue weighted by molar-refractivity contribution is -0.137. The number of hydrogen-bond acceptors (Lipinski definition) is 8. The third kappa shape index (κ3) is 5.05. The van der Waals surface area contributed by atoms with Crippen LogP contribution in [0.25, 0.3) is 11.6 Å². The third-order valence-corrected chi connectivity index (χ3v) is 7.64. The van der Waals surface area contributed by atoms with Crippen molar-refractivity contribution in [3.05, 3.63) is 41.9 Å². The van der Waals surface area contributed by atoms with Gasteiger partial charge in [0.05, 0.1) is 30.0 Å². The summed E-state index contributed by atoms with van der Waals surface area (Å²) in [6.07, 6.45) is -1.89. The molecule has 1 aromatic carbocycles. The molecule has 0 spiro atoms. The molecule has 4 heterocycles. The molecule has 2 aliphatic rings. The summed E-state index contributed by atoms with van der Waals surface area (Å²) >= 11 is 1.65. The summed E-state index contributed by atoms with van der Waals surface area (Å²) < 4.78 is 52.1. The number of ether oxygens (including phenoxy) is 1. The topological polar surface area (TPSA) is 72.4 Å². The van der Waals surface area contributed by atoms with Crippen LogP contribution in [-0.4, -0.2) is 75.3 Å². The van der Waals surface area contributed by atoms with Crippen LogP contribution in [0.15, 0.2) is 40.2 Å². The largest absolute Gasteiger partial charge is 0.440 e. The molecule has 12 heteroatoms. The van der Waals surface area contributed by atoms with Crippen LogP contribution in [-0.2, 0) is 18.0 Å². The van der Waals surface area contributed by atoms with Crippen molar-refractivity contribution in [3.8, 4) is 11.6 Å². The second kappa shape index (κ2) is 9.82. The molecule has 2 aliphatic heterocycles. The van der Waals surface area contributed by atoms with E-state index in [9.17, 15) is 13.2 Å². The molecule has 0 radical (unpaired) electrons. The lowest BCUT2D eigenvalue weighted by Crippen LogP contribution is -2.51. The van der Waals surface area contributed by atoms with Gasteiger partial charge in [-0.05, 0) is 44.2 Å². The minimum Gasteiger partial charge on any atom is -0.440 e. The number of hydrogen-bond donors (Lipinski definition) is 0. The van der Waals surface area contributed by atoms with Crippen molar-refractivity contribution in [2.24, 2.45) is 7.05 Å². The molecule has 2 aromatic heterocycles. The van der Waals surface area contributed by atoms with Gasteiger partial charge in [-0.2, -0.15) is 13.2 Å². The van der Waals surface area contributed by atoms with Crippen LogP contribution < -0.4 is 4.90 Å². The van der Waals surface area contributed by atoms with Gasteiger partial charge in [0.2, 0.25) is 5.82 Å². The second-order valence-corrected chi connectivity index (χ2v) is 9.87. The van der Waals surface area contributed by atoms with Crippen LogP contribution >= 0.6 is 11.8 Å². The van der Waals surface area contributed by atoms with Crippen molar-refractivity contribution < 1.29 is 22.3 Å². The molecule has 5 rings (SSSR count). The van der Waals surface area contributed by atoms with E-state index >= 15 is 0 Å². The molecule has 0 unspecified atom stereocenters. The van der Waals surface area contributed by atoms with Gasteiger partial charge in [0.15, 0.2) is 17.3 Å². The normalized spacial score (nSPS) is 21.0. The van der Waals surface area contributed by atoms with Crippen molar-refractivity contribution in [3.63, 3.8) is 0 Å². The molecule has 2 atom stereocenters. The quantitative estimate of drug-likeness (QED) is 0.352. The van der Waals surface area contributed by atoms with Crippen molar-refractivity contribution in [1.29, 1.82) is 0 Å². The predicted molar refractivity (Wildman–Crippen MR) is 125 cm³/mol. The Morgan fingerprint density at radius 1 is 1.14 bits per heavy atom. The predicted octanol–water partition coefficient (Wildman–Crippen LogP) is 3.87. The molecular weight excluding hydrogens is 481 g/mol. The van der Waals surface area contributed by atoms with E-state index in [0.29, 0.717) is 24.7 Å². The number of aryl methyl sites for hydroxylation is 1. The average molecular weight is 509 g/mol. The molecule has 0 saturated carbocycles. The number of aromatic nitrogens is 4. The Hall–Kier alpha value is -2.57. The maximum absolute atomic E-state index is 12.9. The van der Waals surface area contributed by atoms with Crippen molar-refractivity contribution in [2.75, 3.05) is 43.4 Å². The number of benzene rings is 1. The molecular formula is C23H27F3N6O2S. The van der Waals surface area contributed by atoms with Crippen molar-refractivity contribution in [1.82, 2.24) is 24.6 Å². The number of nitrogens with zero attached hydrogens (tertiary/aromatic N) is 6. The second-order valence-electron chi connectivity index (χ2n) is 8.81. The summed E-state index contributed by atoms with van der Waals surface area (Å²) in [6, 6.07) is 5.59. The third-order valence-electron chi connectivity index (χ3n) is 6.54. The molecule has 8 nitrogen and oxygen atoms in total. The average Bonchev–Trinajstić information content (AvgIpc) is 3.54. The molecule has 0 aliphatic carbocycles. The van der Waals surface area contributed by atoms with Crippen molar-refractivity contribution >= 4 is 17.4 Å². The minimum atomic E-state index is -4.32. The molecule has 2 fully saturated rings. The van der Waals surface area contributed by atoms with E-state index in [4.69, 9.17) is 9.15 Å². The number of oxazole rings is 1. The fraction of sp³-hybridized carbons (Fsp3) is 0.522. The maximum Gasteiger partial charge on any atom is 0.416 e. The highest BCUT2D eigenvalue weighted by atomic mass is 32.2. The number of morpholine rings is 1. The van der Waals surface area contributed by atoms with E-state index in [1.807, 2.05) is 18.5 Å². The molecule has 0 bridgehead atoms. The van der Waals surface area contributed by atoms with E-state index < -0.39 is 11.7 Å². The lowest BCUT2D eigenvalue weighted by atomic mass is 10.1. The molecule has 188 valence electrons. The Labute approximate surface area is 205 Å². The van der Waals surface area contributed by atoms with Gasteiger partial charge in [-0.3, -0.25) is 4.90 Å². The number of anilines is 1. The minimum absolute atomic E-state index is 0.0603. The van der Waals surface area contributed by atoms with Crippen LogP contribution in [0.4, 0.5) is 18.9 Å². The highest BCUT2D eigenvalue weighted by Crippen LogP contribution is 2.33. The zero-order valence-electron chi connectivity index (χ0n) is 19.5. The Bertz CT molecular complexity index is 1150. The number of halogens is 3. The van der Waals surface area contributed by atoms with E-state index in [2.05, 4.69) is 25.0 Å². The van der Waals surface area contributed by atoms with Gasteiger partial charge in [0.25, 0.3) is 0 Å². The zero-order valence-corrected chi connectivity index (χ0v) is 20.3. The molecule has 0 N–H and O–H groups in total. The van der Waals surface area contributed by atoms with E-state index in [1.54, 1.807) is 23.9 Å². The monoisotopic (exact) mass is 508 g/mol. The highest BCUT2D eigenvalue weighted by Gasteiger charge is 2.40. The molecule has 2 saturated heterocycles. The fourth-order valence-corrected chi connectivity index (χ4v) is 5.55. The Morgan fingerprint density at radius 2 is 1.94 bits per heavy atom. The van der Waals surface area contributed by atoms with Crippen LogP contribution in [0.1, 0.15) is 17.7 Å². The molecule has 0 amide bonds. The van der Waals surface area contributed by atoms with Crippen LogP contribution in [0.3, 0.4) is 0 Å². The maximum atomic E-state index is 12.9. The zero-order chi connectivity index (χ0) is 24.6. The highest BCUT2D eigenvalue weighted by molar-refractivity contribution is 7.99. The Balaban J connectivity index is 1.14. The fourth-order valence-electron chi connectivity index (χ4n) is 4.72. The standard InChI is InChI=1S/C23H27F3N6O2S/c1-15-20(34-14-27-15)21-28-29-22(30(21)2)35-11-3-8-31-12-18-19(13-31)33-10-9-32(18)17-6-4-16(5-7-17)23(24,25)26/h4-7,14,18-19H,3,8-13H2,1-2H3/t18-,19+/m0/s1. The van der Waals surface area contributed by atoms with Gasteiger partial charge in [0.1, 0.15) is 0 Å². The lowest BCUT2D eigenvalue weighted by Gasteiger charge is -2.38. The van der Waals surface area contributed by atoms with E-state index in [0.717, 1.165) is 60.5 Å². The van der Waals surface area contributed by atoms with Gasteiger partial charge in [-0.15, -0.1) is 10.2 Å². The number of rotatable bonds is 7. The van der Waals surface area contributed by atoms with Crippen LogP contribution in [0.2, 0.25) is 0 Å². The van der Waals surface area contributed by atoms with Gasteiger partial charge >= 0.3 is 6.18 Å². The SMILES string of the molecule is Cc1ncoc1-c1nnc(SCCCN2C[C@H]3OCCN(c4ccc(C(F)(F)F)cc4)[C@H]3C2)n1C. The first-order valence-corrected chi connectivity index (χ1v) is 12.5. The number of thioether (sulfide) groups is 1. The number of alkyl halides is 3. The summed E-state index contributed by atoms with van der Waals surface area (Å²) in [5.41, 5.74) is 0.969. The van der Waals surface area contributed by atoms with Gasteiger partial charge in [0, 0.05) is 38.1 Å². The summed E-state index contributed by atoms with van der Waals surface area (Å²) in [4.78, 5) is 8.68.